The molecule has 0 aromatic rings. The first-order chi connectivity index (χ1) is 29.2. The van der Waals surface area contributed by atoms with Gasteiger partial charge in [-0.15, -0.1) is 0 Å². The Bertz CT molecular complexity index is 897. The fraction of sp³-hybridized carbons (Fsp3) is 0.873. The Labute approximate surface area is 370 Å². The van der Waals surface area contributed by atoms with Gasteiger partial charge in [0.25, 0.3) is 0 Å². The van der Waals surface area contributed by atoms with Crippen LogP contribution < -0.4 is 5.32 Å². The number of carbonyl (C=O) groups excluding carboxylic acids is 1. The normalized spacial score (nSPS) is 13.1. The number of nitrogens with one attached hydrogen (secondary N) is 1. The summed E-state index contributed by atoms with van der Waals surface area (Å²) in [5.74, 6) is -0.0618. The summed E-state index contributed by atoms with van der Waals surface area (Å²) in [6, 6.07) is -0.622. The number of aliphatic hydroxyl groups is 2. The van der Waals surface area contributed by atoms with Crippen LogP contribution in [0.3, 0.4) is 0 Å². The van der Waals surface area contributed by atoms with Crippen molar-refractivity contribution in [3.63, 3.8) is 0 Å². The van der Waals surface area contributed by atoms with Gasteiger partial charge in [0.15, 0.2) is 0 Å². The fourth-order valence-corrected chi connectivity index (χ4v) is 8.27. The van der Waals surface area contributed by atoms with Gasteiger partial charge < -0.3 is 15.5 Å². The molecule has 0 rings (SSSR count). The molecule has 0 aliphatic carbocycles. The minimum atomic E-state index is -0.839. The molecule has 1 amide bonds. The number of aliphatic hydroxyl groups excluding tert-OH is 2. The van der Waals surface area contributed by atoms with E-state index >= 15 is 0 Å². The molecule has 0 bridgehead atoms. The second-order valence-electron chi connectivity index (χ2n) is 18.3. The molecule has 0 aliphatic rings. The maximum Gasteiger partial charge on any atom is 0.220 e. The lowest BCUT2D eigenvalue weighted by atomic mass is 10.0. The zero-order chi connectivity index (χ0) is 42.8. The van der Waals surface area contributed by atoms with Crippen LogP contribution in [-0.2, 0) is 4.79 Å². The van der Waals surface area contributed by atoms with Crippen molar-refractivity contribution >= 4 is 5.91 Å². The third kappa shape index (κ3) is 47.5. The third-order valence-corrected chi connectivity index (χ3v) is 12.4. The third-order valence-electron chi connectivity index (χ3n) is 12.4. The molecule has 2 unspecified atom stereocenters. The Kier molecular flexibility index (Phi) is 49.8. The summed E-state index contributed by atoms with van der Waals surface area (Å²) in [7, 11) is 0. The molecule has 0 saturated carbocycles. The molecule has 0 radical (unpaired) electrons. The molecular weight excluding hydrogens is 723 g/mol. The van der Waals surface area contributed by atoms with Gasteiger partial charge in [-0.05, 0) is 51.4 Å². The summed E-state index contributed by atoms with van der Waals surface area (Å²) in [5, 5.41) is 23.1. The van der Waals surface area contributed by atoms with Gasteiger partial charge in [-0.1, -0.05) is 269 Å². The molecule has 0 aromatic carbocycles. The van der Waals surface area contributed by atoms with E-state index in [0.717, 1.165) is 32.1 Å². The largest absolute Gasteiger partial charge is 0.394 e. The van der Waals surface area contributed by atoms with Gasteiger partial charge in [0.1, 0.15) is 0 Å². The van der Waals surface area contributed by atoms with Gasteiger partial charge in [0.2, 0.25) is 5.91 Å². The van der Waals surface area contributed by atoms with E-state index in [1.54, 1.807) is 6.08 Å². The molecule has 3 N–H and O–H groups in total. The van der Waals surface area contributed by atoms with Gasteiger partial charge in [0.05, 0.1) is 18.8 Å². The molecule has 2 atom stereocenters. The molecule has 0 fully saturated rings. The minimum Gasteiger partial charge on any atom is -0.394 e. The number of carbonyl (C=O) groups is 1. The SMILES string of the molecule is CCCCCCCCCCC/C=C\C/C=C\CCCCCCCCCCCCCCCC(=O)NC(CO)C(O)/C=C/CCCCCCCCCCCCCCCCCC. The first-order valence-electron chi connectivity index (χ1n) is 26.7. The topological polar surface area (TPSA) is 69.6 Å². The summed E-state index contributed by atoms with van der Waals surface area (Å²) in [5.41, 5.74) is 0. The lowest BCUT2D eigenvalue weighted by Gasteiger charge is -2.20. The smallest absolute Gasteiger partial charge is 0.220 e. The number of rotatable bonds is 49. The molecule has 4 heteroatoms. The van der Waals surface area contributed by atoms with Crippen LogP contribution in [0.2, 0.25) is 0 Å². The zero-order valence-corrected chi connectivity index (χ0v) is 40.0. The van der Waals surface area contributed by atoms with E-state index in [4.69, 9.17) is 0 Å². The Morgan fingerprint density at radius 1 is 0.407 bits per heavy atom. The van der Waals surface area contributed by atoms with Crippen LogP contribution in [0, 0.1) is 0 Å². The highest BCUT2D eigenvalue weighted by molar-refractivity contribution is 5.76. The summed E-state index contributed by atoms with van der Waals surface area (Å²) in [4.78, 5) is 12.4. The van der Waals surface area contributed by atoms with E-state index in [9.17, 15) is 15.0 Å². The Hall–Kier alpha value is -1.39. The highest BCUT2D eigenvalue weighted by atomic mass is 16.3. The van der Waals surface area contributed by atoms with Crippen LogP contribution >= 0.6 is 0 Å². The van der Waals surface area contributed by atoms with Crippen LogP contribution in [0.25, 0.3) is 0 Å². The van der Waals surface area contributed by atoms with Crippen LogP contribution in [0.1, 0.15) is 290 Å². The second-order valence-corrected chi connectivity index (χ2v) is 18.3. The van der Waals surface area contributed by atoms with Crippen LogP contribution in [0.15, 0.2) is 36.5 Å². The van der Waals surface area contributed by atoms with Gasteiger partial charge in [-0.3, -0.25) is 4.79 Å². The maximum absolute atomic E-state index is 12.4. The summed E-state index contributed by atoms with van der Waals surface area (Å²) in [6.45, 7) is 4.33. The van der Waals surface area contributed by atoms with Gasteiger partial charge in [-0.2, -0.15) is 0 Å². The van der Waals surface area contributed by atoms with E-state index in [0.29, 0.717) is 6.42 Å². The molecule has 0 spiro atoms. The van der Waals surface area contributed by atoms with E-state index in [-0.39, 0.29) is 12.5 Å². The minimum absolute atomic E-state index is 0.0618. The predicted octanol–water partition coefficient (Wildman–Crippen LogP) is 17.3. The van der Waals surface area contributed by atoms with Crippen molar-refractivity contribution in [1.82, 2.24) is 5.32 Å². The first-order valence-corrected chi connectivity index (χ1v) is 26.7. The quantitative estimate of drug-likeness (QED) is 0.0423. The number of hydrogen-bond acceptors (Lipinski definition) is 3. The summed E-state index contributed by atoms with van der Waals surface area (Å²) < 4.78 is 0. The average Bonchev–Trinajstić information content (AvgIpc) is 3.24. The number of amides is 1. The van der Waals surface area contributed by atoms with E-state index in [2.05, 4.69) is 43.5 Å². The van der Waals surface area contributed by atoms with Crippen molar-refractivity contribution in [3.8, 4) is 0 Å². The summed E-state index contributed by atoms with van der Waals surface area (Å²) in [6.07, 6.45) is 68.6. The Morgan fingerprint density at radius 3 is 1.02 bits per heavy atom. The van der Waals surface area contributed by atoms with E-state index in [1.165, 1.54) is 238 Å². The fourth-order valence-electron chi connectivity index (χ4n) is 8.27. The van der Waals surface area contributed by atoms with Crippen LogP contribution in [-0.4, -0.2) is 34.9 Å². The van der Waals surface area contributed by atoms with Crippen molar-refractivity contribution in [3.05, 3.63) is 36.5 Å². The first kappa shape index (κ1) is 57.6. The van der Waals surface area contributed by atoms with Crippen molar-refractivity contribution < 1.29 is 15.0 Å². The summed E-state index contributed by atoms with van der Waals surface area (Å²) >= 11 is 0. The Morgan fingerprint density at radius 2 is 0.695 bits per heavy atom. The van der Waals surface area contributed by atoms with Crippen molar-refractivity contribution in [2.24, 2.45) is 0 Å². The average molecular weight is 828 g/mol. The highest BCUT2D eigenvalue weighted by Crippen LogP contribution is 2.16. The van der Waals surface area contributed by atoms with Gasteiger partial charge in [-0.25, -0.2) is 0 Å². The number of unbranched alkanes of at least 4 members (excludes halogenated alkanes) is 38. The molecule has 0 aromatic heterocycles. The highest BCUT2D eigenvalue weighted by Gasteiger charge is 2.18. The number of hydrogen-bond donors (Lipinski definition) is 3. The van der Waals surface area contributed by atoms with E-state index in [1.807, 2.05) is 6.08 Å². The lowest BCUT2D eigenvalue weighted by Crippen LogP contribution is -2.45. The molecule has 59 heavy (non-hydrogen) atoms. The Balaban J connectivity index is 3.49. The molecule has 0 saturated heterocycles. The van der Waals surface area contributed by atoms with Gasteiger partial charge in [0, 0.05) is 6.42 Å². The molecule has 0 aliphatic heterocycles. The second kappa shape index (κ2) is 51.0. The monoisotopic (exact) mass is 828 g/mol. The molecule has 0 heterocycles. The molecular formula is C55H105NO3. The van der Waals surface area contributed by atoms with Crippen molar-refractivity contribution in [2.45, 2.75) is 302 Å². The van der Waals surface area contributed by atoms with Crippen molar-refractivity contribution in [1.29, 1.82) is 0 Å². The predicted molar refractivity (Wildman–Crippen MR) is 262 cm³/mol. The lowest BCUT2D eigenvalue weighted by molar-refractivity contribution is -0.123. The van der Waals surface area contributed by atoms with Gasteiger partial charge >= 0.3 is 0 Å². The van der Waals surface area contributed by atoms with Crippen LogP contribution in [0.4, 0.5) is 0 Å². The number of allylic oxidation sites excluding steroid dienone is 5. The molecule has 4 nitrogen and oxygen atoms in total. The maximum atomic E-state index is 12.4. The standard InChI is InChI=1S/C55H105NO3/c1-3-5-7-9-11-13-15-17-19-21-23-24-25-26-27-28-29-30-31-32-33-35-37-39-41-43-45-47-49-51-55(59)56-53(52-57)54(58)50-48-46-44-42-40-38-36-34-22-20-18-16-14-12-10-8-6-4-2/h23-24,26-27,48,50,53-54,57-58H,3-22,25,28-47,49,51-52H2,1-2H3,(H,56,59)/b24-23-,27-26-,50-48+. The molecule has 348 valence electrons. The van der Waals surface area contributed by atoms with Crippen molar-refractivity contribution in [2.75, 3.05) is 6.61 Å². The van der Waals surface area contributed by atoms with E-state index < -0.39 is 12.1 Å². The van der Waals surface area contributed by atoms with Crippen LogP contribution in [0.5, 0.6) is 0 Å². The zero-order valence-electron chi connectivity index (χ0n) is 40.0.